The third-order valence-corrected chi connectivity index (χ3v) is 5.43. The number of aromatic amines is 1. The second-order valence-electron chi connectivity index (χ2n) is 6.29. The number of amides is 2. The van der Waals surface area contributed by atoms with E-state index in [1.165, 1.54) is 4.88 Å². The lowest BCUT2D eigenvalue weighted by atomic mass is 9.94. The third kappa shape index (κ3) is 3.93. The number of hydrogen-bond acceptors (Lipinski definition) is 6. The van der Waals surface area contributed by atoms with Crippen molar-refractivity contribution >= 4 is 17.4 Å². The van der Waals surface area contributed by atoms with E-state index in [0.29, 0.717) is 24.1 Å². The van der Waals surface area contributed by atoms with E-state index in [1.54, 1.807) is 17.5 Å². The predicted octanol–water partition coefficient (Wildman–Crippen LogP) is 2.53. The van der Waals surface area contributed by atoms with Gasteiger partial charge >= 0.3 is 6.03 Å². The highest BCUT2D eigenvalue weighted by Crippen LogP contribution is 2.26. The van der Waals surface area contributed by atoms with Crippen molar-refractivity contribution in [1.29, 1.82) is 0 Å². The average Bonchev–Trinajstić information content (AvgIpc) is 3.43. The van der Waals surface area contributed by atoms with Crippen molar-refractivity contribution in [2.24, 2.45) is 0 Å². The molecule has 2 amide bonds. The zero-order valence-corrected chi connectivity index (χ0v) is 15.0. The van der Waals surface area contributed by atoms with Crippen molar-refractivity contribution in [3.8, 4) is 0 Å². The Labute approximate surface area is 154 Å². The fourth-order valence-corrected chi connectivity index (χ4v) is 3.85. The molecule has 0 aromatic carbocycles. The smallest absolute Gasteiger partial charge is 0.317 e. The average molecular weight is 372 g/mol. The molecule has 0 saturated carbocycles. The second-order valence-corrected chi connectivity index (χ2v) is 7.32. The van der Waals surface area contributed by atoms with Gasteiger partial charge in [-0.25, -0.2) is 4.79 Å². The summed E-state index contributed by atoms with van der Waals surface area (Å²) in [7, 11) is 0. The van der Waals surface area contributed by atoms with E-state index in [0.717, 1.165) is 31.6 Å². The summed E-state index contributed by atoms with van der Waals surface area (Å²) in [6.45, 7) is 1.70. The third-order valence-electron chi connectivity index (χ3n) is 4.56. The minimum Gasteiger partial charge on any atom is -0.337 e. The number of hydrogen-bond donors (Lipinski definition) is 2. The Kier molecular flexibility index (Phi) is 4.96. The van der Waals surface area contributed by atoms with Gasteiger partial charge in [-0.3, -0.25) is 5.10 Å². The Bertz CT molecular complexity index is 821. The van der Waals surface area contributed by atoms with E-state index in [1.807, 2.05) is 28.5 Å². The number of rotatable bonds is 5. The van der Waals surface area contributed by atoms with Gasteiger partial charge in [0.2, 0.25) is 5.89 Å². The molecule has 4 heterocycles. The molecular formula is C17H20N6O2S. The first-order valence-corrected chi connectivity index (χ1v) is 9.52. The van der Waals surface area contributed by atoms with Crippen molar-refractivity contribution in [2.75, 3.05) is 13.1 Å². The quantitative estimate of drug-likeness (QED) is 0.717. The minimum atomic E-state index is -0.0916. The summed E-state index contributed by atoms with van der Waals surface area (Å²) < 4.78 is 5.22. The number of H-pyrrole nitrogens is 1. The fraction of sp³-hybridized carbons (Fsp3) is 0.412. The lowest BCUT2D eigenvalue weighted by Gasteiger charge is -2.31. The molecule has 0 bridgehead atoms. The molecule has 0 spiro atoms. The highest BCUT2D eigenvalue weighted by Gasteiger charge is 2.24. The van der Waals surface area contributed by atoms with Crippen LogP contribution in [0.1, 0.15) is 41.0 Å². The standard InChI is InChI=1S/C17H20N6O2S/c24-17(23-7-4-12(5-8-23)14-3-6-19-21-14)18-11-16-20-15(22-25-16)10-13-2-1-9-26-13/h1-3,6,9,12H,4-5,7-8,10-11H2,(H,18,24)(H,19,21). The molecule has 1 aliphatic rings. The number of nitrogens with one attached hydrogen (secondary N) is 2. The zero-order valence-electron chi connectivity index (χ0n) is 14.2. The highest BCUT2D eigenvalue weighted by atomic mass is 32.1. The number of aromatic nitrogens is 4. The number of nitrogens with zero attached hydrogens (tertiary/aromatic N) is 4. The largest absolute Gasteiger partial charge is 0.337 e. The summed E-state index contributed by atoms with van der Waals surface area (Å²) in [5.74, 6) is 1.51. The van der Waals surface area contributed by atoms with Crippen molar-refractivity contribution in [1.82, 2.24) is 30.6 Å². The molecule has 1 saturated heterocycles. The highest BCUT2D eigenvalue weighted by molar-refractivity contribution is 7.09. The summed E-state index contributed by atoms with van der Waals surface area (Å²) in [6, 6.07) is 5.95. The van der Waals surface area contributed by atoms with Crippen molar-refractivity contribution in [2.45, 2.75) is 31.7 Å². The van der Waals surface area contributed by atoms with Crippen LogP contribution in [0.5, 0.6) is 0 Å². The van der Waals surface area contributed by atoms with Gasteiger partial charge in [-0.1, -0.05) is 11.2 Å². The normalized spacial score (nSPS) is 15.3. The van der Waals surface area contributed by atoms with Crippen molar-refractivity contribution in [3.05, 3.63) is 52.1 Å². The second kappa shape index (κ2) is 7.69. The Hall–Kier alpha value is -2.68. The molecule has 1 aliphatic heterocycles. The first kappa shape index (κ1) is 16.8. The van der Waals surface area contributed by atoms with E-state index in [9.17, 15) is 4.79 Å². The first-order chi connectivity index (χ1) is 12.8. The van der Waals surface area contributed by atoms with Crippen LogP contribution < -0.4 is 5.32 Å². The molecule has 0 atom stereocenters. The lowest BCUT2D eigenvalue weighted by Crippen LogP contribution is -2.43. The van der Waals surface area contributed by atoms with Crippen LogP contribution in [-0.4, -0.2) is 44.4 Å². The molecular weight excluding hydrogens is 352 g/mol. The molecule has 26 heavy (non-hydrogen) atoms. The van der Waals surface area contributed by atoms with Crippen LogP contribution >= 0.6 is 11.3 Å². The molecule has 9 heteroatoms. The minimum absolute atomic E-state index is 0.0916. The molecule has 4 rings (SSSR count). The number of carbonyl (C=O) groups is 1. The maximum absolute atomic E-state index is 12.3. The Morgan fingerprint density at radius 3 is 3.00 bits per heavy atom. The molecule has 3 aromatic rings. The summed E-state index contributed by atoms with van der Waals surface area (Å²) in [4.78, 5) is 19.7. The Morgan fingerprint density at radius 2 is 2.27 bits per heavy atom. The fourth-order valence-electron chi connectivity index (χ4n) is 3.15. The van der Waals surface area contributed by atoms with E-state index in [-0.39, 0.29) is 12.6 Å². The summed E-state index contributed by atoms with van der Waals surface area (Å²) >= 11 is 1.66. The van der Waals surface area contributed by atoms with E-state index in [4.69, 9.17) is 4.52 Å². The Morgan fingerprint density at radius 1 is 1.38 bits per heavy atom. The number of thiophene rings is 1. The van der Waals surface area contributed by atoms with Gasteiger partial charge in [-0.2, -0.15) is 10.1 Å². The molecule has 1 fully saturated rings. The molecule has 3 aromatic heterocycles. The van der Waals surface area contributed by atoms with Crippen LogP contribution in [0.3, 0.4) is 0 Å². The summed E-state index contributed by atoms with van der Waals surface area (Å²) in [5, 5.41) is 15.9. The Balaban J connectivity index is 1.24. The number of likely N-dealkylation sites (tertiary alicyclic amines) is 1. The molecule has 2 N–H and O–H groups in total. The van der Waals surface area contributed by atoms with Gasteiger partial charge < -0.3 is 14.7 Å². The lowest BCUT2D eigenvalue weighted by molar-refractivity contribution is 0.179. The van der Waals surface area contributed by atoms with Gasteiger partial charge in [0, 0.05) is 42.2 Å². The topological polar surface area (TPSA) is 99.9 Å². The number of urea groups is 1. The van der Waals surface area contributed by atoms with Gasteiger partial charge in [0.15, 0.2) is 5.82 Å². The molecule has 0 aliphatic carbocycles. The van der Waals surface area contributed by atoms with Crippen LogP contribution in [0.25, 0.3) is 0 Å². The van der Waals surface area contributed by atoms with Gasteiger partial charge in [-0.15, -0.1) is 11.3 Å². The SMILES string of the molecule is O=C(NCc1nc(Cc2cccs2)no1)N1CCC(c2ccn[nH]2)CC1. The van der Waals surface area contributed by atoms with Crippen LogP contribution in [0.4, 0.5) is 4.79 Å². The molecule has 8 nitrogen and oxygen atoms in total. The summed E-state index contributed by atoms with van der Waals surface area (Å²) in [5.41, 5.74) is 1.15. The zero-order chi connectivity index (χ0) is 17.8. The first-order valence-electron chi connectivity index (χ1n) is 8.64. The molecule has 0 unspecified atom stereocenters. The number of carbonyl (C=O) groups excluding carboxylic acids is 1. The van der Waals surface area contributed by atoms with Crippen LogP contribution in [-0.2, 0) is 13.0 Å². The van der Waals surface area contributed by atoms with E-state index < -0.39 is 0 Å². The van der Waals surface area contributed by atoms with Crippen LogP contribution in [0, 0.1) is 0 Å². The maximum Gasteiger partial charge on any atom is 0.317 e. The van der Waals surface area contributed by atoms with Gasteiger partial charge in [0.1, 0.15) is 0 Å². The van der Waals surface area contributed by atoms with Crippen LogP contribution in [0.15, 0.2) is 34.3 Å². The van der Waals surface area contributed by atoms with E-state index in [2.05, 4.69) is 25.7 Å². The predicted molar refractivity (Wildman–Crippen MR) is 95.8 cm³/mol. The summed E-state index contributed by atoms with van der Waals surface area (Å²) in [6.07, 6.45) is 4.28. The maximum atomic E-state index is 12.3. The molecule has 0 radical (unpaired) electrons. The van der Waals surface area contributed by atoms with E-state index >= 15 is 0 Å². The van der Waals surface area contributed by atoms with Crippen LogP contribution in [0.2, 0.25) is 0 Å². The molecule has 136 valence electrons. The monoisotopic (exact) mass is 372 g/mol. The van der Waals surface area contributed by atoms with Crippen molar-refractivity contribution < 1.29 is 9.32 Å². The van der Waals surface area contributed by atoms with Gasteiger partial charge in [-0.05, 0) is 30.4 Å². The number of piperidine rings is 1. The van der Waals surface area contributed by atoms with Crippen molar-refractivity contribution in [3.63, 3.8) is 0 Å². The van der Waals surface area contributed by atoms with Gasteiger partial charge in [0.25, 0.3) is 0 Å². The van der Waals surface area contributed by atoms with Gasteiger partial charge in [0.05, 0.1) is 6.54 Å².